The van der Waals surface area contributed by atoms with E-state index in [1.54, 1.807) is 32.4 Å². The molecule has 2 aromatic carbocycles. The first kappa shape index (κ1) is 18.8. The molecule has 0 radical (unpaired) electrons. The molecule has 0 spiro atoms. The van der Waals surface area contributed by atoms with Crippen molar-refractivity contribution in [3.63, 3.8) is 0 Å². The number of hydrogen-bond donors (Lipinski definition) is 3. The third-order valence-corrected chi connectivity index (χ3v) is 4.18. The van der Waals surface area contributed by atoms with E-state index in [-0.39, 0.29) is 13.0 Å². The van der Waals surface area contributed by atoms with E-state index in [9.17, 15) is 15.0 Å². The molecular formula is C19H23NO5. The Bertz CT molecular complexity index is 722. The standard InChI is InChI=1S/C19H23NO5/c1-24-16-6-14(7-17(8-16)25-2)18(9-19(22)23)12-3-4-13(10-20)15(5-12)11-21/h3-8,18,21H,9-11,20H2,1-2H3,(H,22,23). The van der Waals surface area contributed by atoms with Crippen LogP contribution < -0.4 is 15.2 Å². The fraction of sp³-hybridized carbons (Fsp3) is 0.316. The molecule has 6 nitrogen and oxygen atoms in total. The van der Waals surface area contributed by atoms with Crippen molar-refractivity contribution < 1.29 is 24.5 Å². The van der Waals surface area contributed by atoms with E-state index in [2.05, 4.69) is 0 Å². The summed E-state index contributed by atoms with van der Waals surface area (Å²) >= 11 is 0. The number of carbonyl (C=O) groups is 1. The summed E-state index contributed by atoms with van der Waals surface area (Å²) in [5, 5.41) is 18.9. The molecule has 2 rings (SSSR count). The van der Waals surface area contributed by atoms with Crippen LogP contribution in [0.4, 0.5) is 0 Å². The number of aliphatic hydroxyl groups excluding tert-OH is 1. The maximum absolute atomic E-state index is 11.4. The lowest BCUT2D eigenvalue weighted by Crippen LogP contribution is -2.10. The lowest BCUT2D eigenvalue weighted by Gasteiger charge is -2.19. The van der Waals surface area contributed by atoms with Crippen LogP contribution >= 0.6 is 0 Å². The molecule has 6 heteroatoms. The lowest BCUT2D eigenvalue weighted by atomic mass is 9.86. The third kappa shape index (κ3) is 4.49. The van der Waals surface area contributed by atoms with Gasteiger partial charge in [-0.15, -0.1) is 0 Å². The van der Waals surface area contributed by atoms with Crippen molar-refractivity contribution in [1.82, 2.24) is 0 Å². The molecular weight excluding hydrogens is 322 g/mol. The highest BCUT2D eigenvalue weighted by molar-refractivity contribution is 5.69. The predicted molar refractivity (Wildman–Crippen MR) is 93.9 cm³/mol. The summed E-state index contributed by atoms with van der Waals surface area (Å²) < 4.78 is 10.6. The molecule has 0 amide bonds. The molecule has 0 aliphatic heterocycles. The Morgan fingerprint density at radius 3 is 2.16 bits per heavy atom. The molecule has 0 saturated carbocycles. The van der Waals surface area contributed by atoms with E-state index in [1.807, 2.05) is 18.2 Å². The predicted octanol–water partition coefficient (Wildman–Crippen LogP) is 2.26. The largest absolute Gasteiger partial charge is 0.497 e. The number of ether oxygens (including phenoxy) is 2. The number of benzene rings is 2. The number of aliphatic hydroxyl groups is 1. The van der Waals surface area contributed by atoms with E-state index in [4.69, 9.17) is 15.2 Å². The van der Waals surface area contributed by atoms with Gasteiger partial charge in [-0.1, -0.05) is 18.2 Å². The summed E-state index contributed by atoms with van der Waals surface area (Å²) in [4.78, 5) is 11.4. The van der Waals surface area contributed by atoms with Gasteiger partial charge in [0.25, 0.3) is 0 Å². The smallest absolute Gasteiger partial charge is 0.304 e. The minimum Gasteiger partial charge on any atom is -0.497 e. The Balaban J connectivity index is 2.55. The van der Waals surface area contributed by atoms with Crippen LogP contribution in [-0.2, 0) is 17.9 Å². The molecule has 0 aliphatic rings. The molecule has 1 atom stereocenters. The van der Waals surface area contributed by atoms with Crippen LogP contribution in [0.2, 0.25) is 0 Å². The molecule has 0 bridgehead atoms. The van der Waals surface area contributed by atoms with Crippen molar-refractivity contribution in [2.45, 2.75) is 25.5 Å². The summed E-state index contributed by atoms with van der Waals surface area (Å²) in [7, 11) is 3.09. The Kier molecular flexibility index (Phi) is 6.38. The Morgan fingerprint density at radius 1 is 1.04 bits per heavy atom. The Hall–Kier alpha value is -2.57. The van der Waals surface area contributed by atoms with Crippen molar-refractivity contribution in [1.29, 1.82) is 0 Å². The van der Waals surface area contributed by atoms with Gasteiger partial charge in [0, 0.05) is 18.5 Å². The number of aliphatic carboxylic acids is 1. The first-order valence-electron chi connectivity index (χ1n) is 7.89. The number of nitrogens with two attached hydrogens (primary N) is 1. The summed E-state index contributed by atoms with van der Waals surface area (Å²) in [6, 6.07) is 10.8. The summed E-state index contributed by atoms with van der Waals surface area (Å²) in [6.45, 7) is 0.161. The molecule has 1 unspecified atom stereocenters. The van der Waals surface area contributed by atoms with Gasteiger partial charge in [-0.05, 0) is 34.4 Å². The van der Waals surface area contributed by atoms with Gasteiger partial charge in [-0.2, -0.15) is 0 Å². The van der Waals surface area contributed by atoms with Crippen LogP contribution in [0, 0.1) is 0 Å². The normalized spacial score (nSPS) is 11.8. The molecule has 0 saturated heterocycles. The van der Waals surface area contributed by atoms with Crippen molar-refractivity contribution in [2.75, 3.05) is 14.2 Å². The zero-order valence-corrected chi connectivity index (χ0v) is 14.4. The Morgan fingerprint density at radius 2 is 1.68 bits per heavy atom. The number of carboxylic acids is 1. The second-order valence-corrected chi connectivity index (χ2v) is 5.69. The highest BCUT2D eigenvalue weighted by Crippen LogP contribution is 2.34. The van der Waals surface area contributed by atoms with Crippen LogP contribution in [0.3, 0.4) is 0 Å². The quantitative estimate of drug-likeness (QED) is 0.678. The van der Waals surface area contributed by atoms with Gasteiger partial charge >= 0.3 is 5.97 Å². The van der Waals surface area contributed by atoms with E-state index >= 15 is 0 Å². The van der Waals surface area contributed by atoms with E-state index in [1.165, 1.54) is 0 Å². The highest BCUT2D eigenvalue weighted by atomic mass is 16.5. The lowest BCUT2D eigenvalue weighted by molar-refractivity contribution is -0.137. The molecule has 25 heavy (non-hydrogen) atoms. The molecule has 134 valence electrons. The highest BCUT2D eigenvalue weighted by Gasteiger charge is 2.20. The molecule has 2 aromatic rings. The maximum Gasteiger partial charge on any atom is 0.304 e. The summed E-state index contributed by atoms with van der Waals surface area (Å²) in [6.07, 6.45) is -0.0941. The SMILES string of the molecule is COc1cc(OC)cc(C(CC(=O)O)c2ccc(CN)c(CO)c2)c1. The fourth-order valence-corrected chi connectivity index (χ4v) is 2.84. The maximum atomic E-state index is 11.4. The van der Waals surface area contributed by atoms with Crippen molar-refractivity contribution >= 4 is 5.97 Å². The first-order valence-corrected chi connectivity index (χ1v) is 7.89. The average Bonchev–Trinajstić information content (AvgIpc) is 2.64. The molecule has 0 aliphatic carbocycles. The molecule has 0 aromatic heterocycles. The zero-order chi connectivity index (χ0) is 18.4. The van der Waals surface area contributed by atoms with Gasteiger partial charge in [0.2, 0.25) is 0 Å². The van der Waals surface area contributed by atoms with Gasteiger partial charge in [-0.3, -0.25) is 4.79 Å². The minimum atomic E-state index is -0.916. The van der Waals surface area contributed by atoms with Gasteiger partial charge in [-0.25, -0.2) is 0 Å². The second-order valence-electron chi connectivity index (χ2n) is 5.69. The number of methoxy groups -OCH3 is 2. The zero-order valence-electron chi connectivity index (χ0n) is 14.4. The number of carboxylic acid groups (broad SMARTS) is 1. The molecule has 4 N–H and O–H groups in total. The van der Waals surface area contributed by atoms with Gasteiger partial charge in [0.05, 0.1) is 27.2 Å². The van der Waals surface area contributed by atoms with Crippen molar-refractivity contribution in [2.24, 2.45) is 5.73 Å². The molecule has 0 heterocycles. The topological polar surface area (TPSA) is 102 Å². The summed E-state index contributed by atoms with van der Waals surface area (Å²) in [5.74, 6) is -0.143. The van der Waals surface area contributed by atoms with Crippen LogP contribution in [-0.4, -0.2) is 30.4 Å². The van der Waals surface area contributed by atoms with Gasteiger partial charge in [0.1, 0.15) is 11.5 Å². The van der Waals surface area contributed by atoms with Crippen LogP contribution in [0.25, 0.3) is 0 Å². The van der Waals surface area contributed by atoms with Crippen LogP contribution in [0.1, 0.15) is 34.6 Å². The molecule has 0 fully saturated rings. The average molecular weight is 345 g/mol. The van der Waals surface area contributed by atoms with Crippen LogP contribution in [0.5, 0.6) is 11.5 Å². The number of hydrogen-bond acceptors (Lipinski definition) is 5. The monoisotopic (exact) mass is 345 g/mol. The fourth-order valence-electron chi connectivity index (χ4n) is 2.84. The first-order chi connectivity index (χ1) is 12.0. The minimum absolute atomic E-state index is 0.0941. The van der Waals surface area contributed by atoms with Gasteiger partial charge < -0.3 is 25.4 Å². The van der Waals surface area contributed by atoms with Gasteiger partial charge in [0.15, 0.2) is 0 Å². The van der Waals surface area contributed by atoms with Crippen molar-refractivity contribution in [3.05, 3.63) is 58.7 Å². The second kappa shape index (κ2) is 8.50. The third-order valence-electron chi connectivity index (χ3n) is 4.18. The van der Waals surface area contributed by atoms with E-state index in [0.29, 0.717) is 23.6 Å². The number of rotatable bonds is 8. The van der Waals surface area contributed by atoms with E-state index in [0.717, 1.165) is 16.7 Å². The van der Waals surface area contributed by atoms with E-state index < -0.39 is 11.9 Å². The summed E-state index contributed by atoms with van der Waals surface area (Å²) in [5.41, 5.74) is 8.78. The Labute approximate surface area is 146 Å². The van der Waals surface area contributed by atoms with Crippen molar-refractivity contribution in [3.8, 4) is 11.5 Å². The van der Waals surface area contributed by atoms with Crippen LogP contribution in [0.15, 0.2) is 36.4 Å².